The molecule has 1 saturated heterocycles. The van der Waals surface area contributed by atoms with Crippen molar-refractivity contribution in [2.75, 3.05) is 18.4 Å². The Morgan fingerprint density at radius 2 is 2.11 bits per heavy atom. The van der Waals surface area contributed by atoms with E-state index in [1.54, 1.807) is 6.07 Å². The van der Waals surface area contributed by atoms with Gasteiger partial charge >= 0.3 is 0 Å². The Balaban J connectivity index is 1.45. The molecule has 1 aromatic carbocycles. The molecule has 1 fully saturated rings. The Labute approximate surface area is 158 Å². The van der Waals surface area contributed by atoms with Gasteiger partial charge in [0.1, 0.15) is 11.4 Å². The Morgan fingerprint density at radius 3 is 2.89 bits per heavy atom. The maximum Gasteiger partial charge on any atom is 0.255 e. The monoisotopic (exact) mass is 368 g/mol. The van der Waals surface area contributed by atoms with Gasteiger partial charge in [0.2, 0.25) is 5.91 Å². The minimum absolute atomic E-state index is 0.0870. The van der Waals surface area contributed by atoms with Crippen molar-refractivity contribution in [1.82, 2.24) is 15.4 Å². The molecule has 2 amide bonds. The summed E-state index contributed by atoms with van der Waals surface area (Å²) < 4.78 is 5.18. The lowest BCUT2D eigenvalue weighted by atomic mass is 9.93. The van der Waals surface area contributed by atoms with Crippen LogP contribution in [0.3, 0.4) is 0 Å². The molecule has 0 aliphatic carbocycles. The molecule has 7 heteroatoms. The highest BCUT2D eigenvalue weighted by molar-refractivity contribution is 6.02. The van der Waals surface area contributed by atoms with Gasteiger partial charge < -0.3 is 20.1 Å². The minimum Gasteiger partial charge on any atom is -0.361 e. The van der Waals surface area contributed by atoms with Crippen LogP contribution in [-0.4, -0.2) is 40.6 Å². The molecule has 0 unspecified atom stereocenters. The molecule has 4 rings (SSSR count). The van der Waals surface area contributed by atoms with Gasteiger partial charge in [0.25, 0.3) is 5.91 Å². The number of aromatic nitrogens is 1. The summed E-state index contributed by atoms with van der Waals surface area (Å²) in [6.07, 6.45) is 2.66. The van der Waals surface area contributed by atoms with Gasteiger partial charge in [-0.3, -0.25) is 9.59 Å². The number of benzene rings is 1. The number of hydrogen-bond acceptors (Lipinski definition) is 5. The number of nitrogens with one attached hydrogen (secondary N) is 2. The van der Waals surface area contributed by atoms with Crippen LogP contribution in [-0.2, 0) is 11.2 Å². The maximum atomic E-state index is 12.8. The van der Waals surface area contributed by atoms with E-state index in [2.05, 4.69) is 15.8 Å². The van der Waals surface area contributed by atoms with Gasteiger partial charge in [0, 0.05) is 24.2 Å². The molecule has 7 nitrogen and oxygen atoms in total. The number of piperidine rings is 1. The standard InChI is InChI=1S/C20H24N4O3/c1-13-15(14(2)27-23-13)8-9-18(25)24-11-5-10-20(12-24)21-17-7-4-3-6-16(17)19(26)22-20/h3-4,6-7,21H,5,8-12H2,1-2H3,(H,22,26)/t20-/m1/s1. The third-order valence-corrected chi connectivity index (χ3v) is 5.51. The summed E-state index contributed by atoms with van der Waals surface area (Å²) in [7, 11) is 0. The molecule has 3 heterocycles. The van der Waals surface area contributed by atoms with Crippen molar-refractivity contribution in [2.24, 2.45) is 0 Å². The van der Waals surface area contributed by atoms with Crippen LogP contribution < -0.4 is 10.6 Å². The summed E-state index contributed by atoms with van der Waals surface area (Å²) in [6.45, 7) is 4.94. The lowest BCUT2D eigenvalue weighted by Crippen LogP contribution is -2.66. The number of carbonyl (C=O) groups excluding carboxylic acids is 2. The van der Waals surface area contributed by atoms with Crippen LogP contribution in [0.2, 0.25) is 0 Å². The van der Waals surface area contributed by atoms with Gasteiger partial charge in [-0.2, -0.15) is 0 Å². The molecule has 2 aromatic rings. The lowest BCUT2D eigenvalue weighted by molar-refractivity contribution is -0.133. The number of rotatable bonds is 3. The van der Waals surface area contributed by atoms with E-state index in [0.29, 0.717) is 31.5 Å². The van der Waals surface area contributed by atoms with Crippen molar-refractivity contribution < 1.29 is 14.1 Å². The van der Waals surface area contributed by atoms with Gasteiger partial charge in [-0.15, -0.1) is 0 Å². The Morgan fingerprint density at radius 1 is 1.30 bits per heavy atom. The van der Waals surface area contributed by atoms with Gasteiger partial charge in [0.15, 0.2) is 0 Å². The normalized spacial score (nSPS) is 21.6. The third-order valence-electron chi connectivity index (χ3n) is 5.51. The van der Waals surface area contributed by atoms with E-state index in [1.165, 1.54) is 0 Å². The molecule has 0 saturated carbocycles. The number of aryl methyl sites for hydroxylation is 2. The van der Waals surface area contributed by atoms with Crippen LogP contribution in [0.5, 0.6) is 0 Å². The first-order valence-electron chi connectivity index (χ1n) is 9.37. The molecule has 2 aliphatic heterocycles. The topological polar surface area (TPSA) is 87.5 Å². The molecule has 1 atom stereocenters. The van der Waals surface area contributed by atoms with E-state index in [9.17, 15) is 9.59 Å². The molecule has 0 radical (unpaired) electrons. The van der Waals surface area contributed by atoms with E-state index in [-0.39, 0.29) is 11.8 Å². The smallest absolute Gasteiger partial charge is 0.255 e. The maximum absolute atomic E-state index is 12.8. The number of carbonyl (C=O) groups is 2. The predicted octanol–water partition coefficient (Wildman–Crippen LogP) is 2.40. The van der Waals surface area contributed by atoms with Crippen LogP contribution >= 0.6 is 0 Å². The number of para-hydroxylation sites is 1. The molecule has 1 spiro atoms. The Bertz CT molecular complexity index is 872. The summed E-state index contributed by atoms with van der Waals surface area (Å²) in [5.41, 5.74) is 2.72. The first-order chi connectivity index (χ1) is 13.0. The first kappa shape index (κ1) is 17.6. The molecular weight excluding hydrogens is 344 g/mol. The van der Waals surface area contributed by atoms with Crippen LogP contribution in [0, 0.1) is 13.8 Å². The fourth-order valence-corrected chi connectivity index (χ4v) is 4.09. The fourth-order valence-electron chi connectivity index (χ4n) is 4.09. The summed E-state index contributed by atoms with van der Waals surface area (Å²) >= 11 is 0. The zero-order chi connectivity index (χ0) is 19.0. The largest absolute Gasteiger partial charge is 0.361 e. The molecule has 0 bridgehead atoms. The average molecular weight is 368 g/mol. The Kier molecular flexibility index (Phi) is 4.37. The molecule has 2 aliphatic rings. The van der Waals surface area contributed by atoms with Crippen LogP contribution in [0.1, 0.15) is 46.6 Å². The van der Waals surface area contributed by atoms with Gasteiger partial charge in [0.05, 0.1) is 17.8 Å². The fraction of sp³-hybridized carbons (Fsp3) is 0.450. The number of anilines is 1. The molecule has 142 valence electrons. The second-order valence-corrected chi connectivity index (χ2v) is 7.43. The zero-order valence-electron chi connectivity index (χ0n) is 15.7. The second-order valence-electron chi connectivity index (χ2n) is 7.43. The van der Waals surface area contributed by atoms with Crippen LogP contribution in [0.4, 0.5) is 5.69 Å². The third kappa shape index (κ3) is 3.29. The summed E-state index contributed by atoms with van der Waals surface area (Å²) in [6, 6.07) is 7.48. The van der Waals surface area contributed by atoms with Crippen LogP contribution in [0.25, 0.3) is 0 Å². The SMILES string of the molecule is Cc1noc(C)c1CCC(=O)N1CCC[C@]2(C1)NC(=O)c1ccccc1N2. The van der Waals surface area contributed by atoms with Crippen molar-refractivity contribution >= 4 is 17.5 Å². The van der Waals surface area contributed by atoms with Gasteiger partial charge in [-0.25, -0.2) is 0 Å². The first-order valence-corrected chi connectivity index (χ1v) is 9.37. The minimum atomic E-state index is -0.595. The zero-order valence-corrected chi connectivity index (χ0v) is 15.7. The predicted molar refractivity (Wildman–Crippen MR) is 100 cm³/mol. The second kappa shape index (κ2) is 6.72. The van der Waals surface area contributed by atoms with Crippen molar-refractivity contribution in [2.45, 2.75) is 45.2 Å². The number of fused-ring (bicyclic) bond motifs is 1. The Hall–Kier alpha value is -2.83. The summed E-state index contributed by atoms with van der Waals surface area (Å²) in [5.74, 6) is 0.770. The van der Waals surface area contributed by atoms with E-state index in [1.807, 2.05) is 36.9 Å². The summed E-state index contributed by atoms with van der Waals surface area (Å²) in [5, 5.41) is 10.5. The molecular formula is C20H24N4O3. The van der Waals surface area contributed by atoms with Crippen molar-refractivity contribution in [1.29, 1.82) is 0 Å². The van der Waals surface area contributed by atoms with E-state index >= 15 is 0 Å². The molecule has 2 N–H and O–H groups in total. The van der Waals surface area contributed by atoms with E-state index in [0.717, 1.165) is 35.5 Å². The van der Waals surface area contributed by atoms with Crippen molar-refractivity contribution in [3.05, 3.63) is 46.8 Å². The number of nitrogens with zero attached hydrogens (tertiary/aromatic N) is 2. The average Bonchev–Trinajstić information content (AvgIpc) is 2.97. The quantitative estimate of drug-likeness (QED) is 0.869. The number of hydrogen-bond donors (Lipinski definition) is 2. The van der Waals surface area contributed by atoms with E-state index < -0.39 is 5.66 Å². The lowest BCUT2D eigenvalue weighted by Gasteiger charge is -2.46. The van der Waals surface area contributed by atoms with Gasteiger partial charge in [-0.05, 0) is 45.2 Å². The summed E-state index contributed by atoms with van der Waals surface area (Å²) in [4.78, 5) is 27.2. The highest BCUT2D eigenvalue weighted by Crippen LogP contribution is 2.30. The molecule has 27 heavy (non-hydrogen) atoms. The number of amides is 2. The highest BCUT2D eigenvalue weighted by atomic mass is 16.5. The highest BCUT2D eigenvalue weighted by Gasteiger charge is 2.41. The van der Waals surface area contributed by atoms with E-state index in [4.69, 9.17) is 4.52 Å². The van der Waals surface area contributed by atoms with Crippen molar-refractivity contribution in [3.8, 4) is 0 Å². The van der Waals surface area contributed by atoms with Crippen molar-refractivity contribution in [3.63, 3.8) is 0 Å². The van der Waals surface area contributed by atoms with Crippen LogP contribution in [0.15, 0.2) is 28.8 Å². The molecule has 1 aromatic heterocycles. The number of likely N-dealkylation sites (tertiary alicyclic amines) is 1. The van der Waals surface area contributed by atoms with Gasteiger partial charge in [-0.1, -0.05) is 17.3 Å².